The van der Waals surface area contributed by atoms with Gasteiger partial charge in [-0.2, -0.15) is 0 Å². The minimum absolute atomic E-state index is 0.479. The van der Waals surface area contributed by atoms with Crippen molar-refractivity contribution in [2.24, 2.45) is 5.41 Å². The molecule has 100 valence electrons. The van der Waals surface area contributed by atoms with E-state index in [0.717, 1.165) is 11.4 Å². The van der Waals surface area contributed by atoms with Crippen molar-refractivity contribution in [2.75, 3.05) is 25.6 Å². The highest BCUT2D eigenvalue weighted by Crippen LogP contribution is 2.48. The molecule has 1 saturated carbocycles. The van der Waals surface area contributed by atoms with Crippen LogP contribution in [0.4, 0.5) is 5.69 Å². The molecule has 1 atom stereocenters. The fraction of sp³-hybridized carbons (Fsp3) is 0.600. The fourth-order valence-corrected chi connectivity index (χ4v) is 1.97. The summed E-state index contributed by atoms with van der Waals surface area (Å²) in [4.78, 5) is 0. The van der Waals surface area contributed by atoms with Crippen LogP contribution in [0.2, 0.25) is 0 Å². The molecule has 0 bridgehead atoms. The van der Waals surface area contributed by atoms with E-state index >= 15 is 0 Å². The number of hydrogen-bond donors (Lipinski definition) is 1. The summed E-state index contributed by atoms with van der Waals surface area (Å²) in [6, 6.07) is 8.65. The third-order valence-electron chi connectivity index (χ3n) is 3.86. The molecular formula is C15H23NO2. The number of nitrogens with one attached hydrogen (secondary N) is 1. The summed E-state index contributed by atoms with van der Waals surface area (Å²) in [5.74, 6) is 0.894. The van der Waals surface area contributed by atoms with Crippen molar-refractivity contribution in [3.63, 3.8) is 0 Å². The predicted molar refractivity (Wildman–Crippen MR) is 74.2 cm³/mol. The fourth-order valence-electron chi connectivity index (χ4n) is 1.97. The normalized spacial score (nSPS) is 18.2. The van der Waals surface area contributed by atoms with Crippen LogP contribution in [0.1, 0.15) is 26.7 Å². The molecule has 1 unspecified atom stereocenters. The Hall–Kier alpha value is -1.22. The summed E-state index contributed by atoms with van der Waals surface area (Å²) in [5.41, 5.74) is 1.61. The smallest absolute Gasteiger partial charge is 0.121 e. The first-order chi connectivity index (χ1) is 8.64. The average Bonchev–Trinajstić information content (AvgIpc) is 3.10. The number of ether oxygens (including phenoxy) is 2. The standard InChI is InChI=1S/C15H23NO2/c1-12(15(2)7-8-15)16-13-5-4-6-14(11-13)18-10-9-17-3/h4-6,11-12,16H,7-10H2,1-3H3. The van der Waals surface area contributed by atoms with Gasteiger partial charge in [0.1, 0.15) is 12.4 Å². The van der Waals surface area contributed by atoms with Gasteiger partial charge in [0.05, 0.1) is 6.61 Å². The summed E-state index contributed by atoms with van der Waals surface area (Å²) < 4.78 is 10.6. The summed E-state index contributed by atoms with van der Waals surface area (Å²) in [7, 11) is 1.68. The first-order valence-corrected chi connectivity index (χ1v) is 6.62. The van der Waals surface area contributed by atoms with Gasteiger partial charge in [-0.3, -0.25) is 0 Å². The number of anilines is 1. The Labute approximate surface area is 109 Å². The van der Waals surface area contributed by atoms with Crippen molar-refractivity contribution < 1.29 is 9.47 Å². The molecular weight excluding hydrogens is 226 g/mol. The zero-order valence-corrected chi connectivity index (χ0v) is 11.5. The number of rotatable bonds is 7. The van der Waals surface area contributed by atoms with Crippen molar-refractivity contribution in [2.45, 2.75) is 32.7 Å². The zero-order valence-electron chi connectivity index (χ0n) is 11.5. The number of methoxy groups -OCH3 is 1. The van der Waals surface area contributed by atoms with Crippen LogP contribution in [-0.4, -0.2) is 26.4 Å². The highest BCUT2D eigenvalue weighted by molar-refractivity contribution is 5.49. The van der Waals surface area contributed by atoms with E-state index in [4.69, 9.17) is 9.47 Å². The number of benzene rings is 1. The van der Waals surface area contributed by atoms with Crippen LogP contribution < -0.4 is 10.1 Å². The van der Waals surface area contributed by atoms with Crippen LogP contribution in [0.25, 0.3) is 0 Å². The van der Waals surface area contributed by atoms with E-state index in [1.54, 1.807) is 7.11 Å². The van der Waals surface area contributed by atoms with Crippen LogP contribution in [0.5, 0.6) is 5.75 Å². The van der Waals surface area contributed by atoms with E-state index in [-0.39, 0.29) is 0 Å². The molecule has 0 heterocycles. The highest BCUT2D eigenvalue weighted by Gasteiger charge is 2.42. The lowest BCUT2D eigenvalue weighted by molar-refractivity contribution is 0.146. The molecule has 0 spiro atoms. The molecule has 1 aliphatic rings. The second kappa shape index (κ2) is 5.61. The second-order valence-corrected chi connectivity index (χ2v) is 5.39. The Bertz CT molecular complexity index is 388. The topological polar surface area (TPSA) is 30.5 Å². The molecule has 3 nitrogen and oxygen atoms in total. The van der Waals surface area contributed by atoms with Gasteiger partial charge in [0.2, 0.25) is 0 Å². The van der Waals surface area contributed by atoms with Gasteiger partial charge in [0.15, 0.2) is 0 Å². The van der Waals surface area contributed by atoms with E-state index in [0.29, 0.717) is 24.7 Å². The van der Waals surface area contributed by atoms with Gasteiger partial charge in [-0.25, -0.2) is 0 Å². The largest absolute Gasteiger partial charge is 0.491 e. The van der Waals surface area contributed by atoms with Crippen LogP contribution in [0.3, 0.4) is 0 Å². The lowest BCUT2D eigenvalue weighted by Gasteiger charge is -2.22. The lowest BCUT2D eigenvalue weighted by atomic mass is 10.0. The van der Waals surface area contributed by atoms with Crippen LogP contribution in [0.15, 0.2) is 24.3 Å². The minimum Gasteiger partial charge on any atom is -0.491 e. The maximum absolute atomic E-state index is 5.60. The SMILES string of the molecule is COCCOc1cccc(NC(C)C2(C)CC2)c1. The Morgan fingerprint density at radius 1 is 1.33 bits per heavy atom. The highest BCUT2D eigenvalue weighted by atomic mass is 16.5. The van der Waals surface area contributed by atoms with E-state index in [9.17, 15) is 0 Å². The van der Waals surface area contributed by atoms with E-state index in [2.05, 4.69) is 31.3 Å². The van der Waals surface area contributed by atoms with Gasteiger partial charge in [-0.15, -0.1) is 0 Å². The molecule has 0 amide bonds. The molecule has 3 heteroatoms. The first kappa shape index (κ1) is 13.2. The predicted octanol–water partition coefficient (Wildman–Crippen LogP) is 3.31. The molecule has 1 N–H and O–H groups in total. The van der Waals surface area contributed by atoms with Gasteiger partial charge in [-0.1, -0.05) is 13.0 Å². The second-order valence-electron chi connectivity index (χ2n) is 5.39. The van der Waals surface area contributed by atoms with Gasteiger partial charge < -0.3 is 14.8 Å². The third kappa shape index (κ3) is 3.39. The van der Waals surface area contributed by atoms with Gasteiger partial charge in [0, 0.05) is 24.9 Å². The molecule has 1 fully saturated rings. The quantitative estimate of drug-likeness (QED) is 0.752. The summed E-state index contributed by atoms with van der Waals surface area (Å²) in [6.07, 6.45) is 2.65. The third-order valence-corrected chi connectivity index (χ3v) is 3.86. The first-order valence-electron chi connectivity index (χ1n) is 6.62. The van der Waals surface area contributed by atoms with Gasteiger partial charge in [0.25, 0.3) is 0 Å². The number of hydrogen-bond acceptors (Lipinski definition) is 3. The molecule has 2 rings (SSSR count). The molecule has 0 aliphatic heterocycles. The molecule has 18 heavy (non-hydrogen) atoms. The van der Waals surface area contributed by atoms with E-state index in [1.165, 1.54) is 12.8 Å². The minimum atomic E-state index is 0.479. The molecule has 1 aromatic rings. The maximum Gasteiger partial charge on any atom is 0.121 e. The van der Waals surface area contributed by atoms with Gasteiger partial charge >= 0.3 is 0 Å². The Morgan fingerprint density at radius 3 is 2.78 bits per heavy atom. The molecule has 0 radical (unpaired) electrons. The van der Waals surface area contributed by atoms with Crippen molar-refractivity contribution >= 4 is 5.69 Å². The van der Waals surface area contributed by atoms with E-state index in [1.807, 2.05) is 12.1 Å². The zero-order chi connectivity index (χ0) is 13.0. The van der Waals surface area contributed by atoms with Crippen LogP contribution in [0, 0.1) is 5.41 Å². The molecule has 0 aromatic heterocycles. The van der Waals surface area contributed by atoms with Crippen molar-refractivity contribution in [3.05, 3.63) is 24.3 Å². The Kier molecular flexibility index (Phi) is 4.12. The molecule has 1 aromatic carbocycles. The van der Waals surface area contributed by atoms with Crippen LogP contribution in [-0.2, 0) is 4.74 Å². The van der Waals surface area contributed by atoms with E-state index < -0.39 is 0 Å². The van der Waals surface area contributed by atoms with Crippen molar-refractivity contribution in [1.29, 1.82) is 0 Å². The lowest BCUT2D eigenvalue weighted by Crippen LogP contribution is -2.24. The summed E-state index contributed by atoms with van der Waals surface area (Å²) in [6.45, 7) is 5.80. The molecule has 0 saturated heterocycles. The maximum atomic E-state index is 5.60. The van der Waals surface area contributed by atoms with Crippen molar-refractivity contribution in [1.82, 2.24) is 0 Å². The van der Waals surface area contributed by atoms with Crippen molar-refractivity contribution in [3.8, 4) is 5.75 Å². The average molecular weight is 249 g/mol. The monoisotopic (exact) mass is 249 g/mol. The summed E-state index contributed by atoms with van der Waals surface area (Å²) >= 11 is 0. The Balaban J connectivity index is 1.90. The Morgan fingerprint density at radius 2 is 2.11 bits per heavy atom. The summed E-state index contributed by atoms with van der Waals surface area (Å²) in [5, 5.41) is 3.56. The molecule has 1 aliphatic carbocycles. The van der Waals surface area contributed by atoms with Crippen LogP contribution >= 0.6 is 0 Å². The van der Waals surface area contributed by atoms with Gasteiger partial charge in [-0.05, 0) is 37.3 Å².